The second kappa shape index (κ2) is 9.49. The van der Waals surface area contributed by atoms with Crippen LogP contribution in [0.25, 0.3) is 0 Å². The molecule has 3 unspecified atom stereocenters. The number of hydrogen-bond acceptors (Lipinski definition) is 4. The number of nitrogens with one attached hydrogen (secondary N) is 3. The highest BCUT2D eigenvalue weighted by molar-refractivity contribution is 5.82. The number of piperidine rings is 1. The Morgan fingerprint density at radius 3 is 2.85 bits per heavy atom. The molecule has 144 valence electrons. The number of carbonyl (C=O) groups excluding carboxylic acids is 1. The van der Waals surface area contributed by atoms with Crippen molar-refractivity contribution in [3.05, 3.63) is 35.4 Å². The van der Waals surface area contributed by atoms with E-state index in [-0.39, 0.29) is 11.9 Å². The first kappa shape index (κ1) is 19.3. The predicted octanol–water partition coefficient (Wildman–Crippen LogP) is 2.57. The summed E-state index contributed by atoms with van der Waals surface area (Å²) >= 11 is 0. The van der Waals surface area contributed by atoms with Gasteiger partial charge in [0, 0.05) is 25.7 Å². The molecule has 1 aromatic rings. The lowest BCUT2D eigenvalue weighted by molar-refractivity contribution is -0.123. The molecule has 5 nitrogen and oxygen atoms in total. The summed E-state index contributed by atoms with van der Waals surface area (Å²) in [5.41, 5.74) is 8.95. The summed E-state index contributed by atoms with van der Waals surface area (Å²) in [6.45, 7) is 8.47. The van der Waals surface area contributed by atoms with Crippen LogP contribution in [0.15, 0.2) is 24.3 Å². The van der Waals surface area contributed by atoms with E-state index in [1.165, 1.54) is 37.1 Å². The lowest BCUT2D eigenvalue weighted by atomic mass is 9.99. The number of carbonyl (C=O) groups is 1. The monoisotopic (exact) mass is 358 g/mol. The second-order valence-corrected chi connectivity index (χ2v) is 8.03. The van der Waals surface area contributed by atoms with Gasteiger partial charge in [0.1, 0.15) is 6.04 Å². The van der Waals surface area contributed by atoms with Crippen LogP contribution in [0.1, 0.15) is 57.1 Å². The summed E-state index contributed by atoms with van der Waals surface area (Å²) in [4.78, 5) is 15.0. The highest BCUT2D eigenvalue weighted by atomic mass is 16.2. The van der Waals surface area contributed by atoms with E-state index in [1.807, 2.05) is 0 Å². The van der Waals surface area contributed by atoms with E-state index >= 15 is 0 Å². The maximum atomic E-state index is 12.5. The topological polar surface area (TPSA) is 56.4 Å². The molecule has 2 heterocycles. The van der Waals surface area contributed by atoms with Crippen molar-refractivity contribution >= 4 is 5.91 Å². The van der Waals surface area contributed by atoms with Gasteiger partial charge in [-0.15, -0.1) is 0 Å². The van der Waals surface area contributed by atoms with Gasteiger partial charge >= 0.3 is 0 Å². The minimum absolute atomic E-state index is 0.0949. The Kier molecular flexibility index (Phi) is 7.06. The minimum Gasteiger partial charge on any atom is -0.351 e. The molecule has 2 fully saturated rings. The van der Waals surface area contributed by atoms with Crippen LogP contribution in [0.2, 0.25) is 0 Å². The van der Waals surface area contributed by atoms with Crippen molar-refractivity contribution in [2.24, 2.45) is 5.92 Å². The molecule has 3 rings (SSSR count). The van der Waals surface area contributed by atoms with Crippen LogP contribution in [-0.4, -0.2) is 36.0 Å². The molecule has 0 bridgehead atoms. The van der Waals surface area contributed by atoms with Gasteiger partial charge in [0.25, 0.3) is 0 Å². The molecular weight excluding hydrogens is 324 g/mol. The standard InChI is InChI=1S/C21H34N4O/c1-3-7-19-12-20(24-23-19)21(26)22-13-17-9-4-5-10-18(17)15-25-11-6-8-16(2)14-25/h4-5,9-10,16,19-20,23-24H,3,6-8,11-15H2,1-2H3,(H,22,26). The van der Waals surface area contributed by atoms with Crippen LogP contribution in [0.3, 0.4) is 0 Å². The van der Waals surface area contributed by atoms with Gasteiger partial charge in [-0.05, 0) is 49.3 Å². The number of hydrogen-bond donors (Lipinski definition) is 3. The average Bonchev–Trinajstić information content (AvgIpc) is 3.10. The number of amides is 1. The summed E-state index contributed by atoms with van der Waals surface area (Å²) in [7, 11) is 0. The van der Waals surface area contributed by atoms with Crippen molar-refractivity contribution in [2.75, 3.05) is 13.1 Å². The number of hydrazine groups is 1. The van der Waals surface area contributed by atoms with Crippen molar-refractivity contribution in [1.29, 1.82) is 0 Å². The molecule has 3 N–H and O–H groups in total. The fraction of sp³-hybridized carbons (Fsp3) is 0.667. The van der Waals surface area contributed by atoms with E-state index in [4.69, 9.17) is 0 Å². The van der Waals surface area contributed by atoms with E-state index in [2.05, 4.69) is 59.2 Å². The van der Waals surface area contributed by atoms with Crippen LogP contribution < -0.4 is 16.2 Å². The van der Waals surface area contributed by atoms with E-state index in [9.17, 15) is 4.79 Å². The normalized spacial score (nSPS) is 26.8. The molecule has 0 aromatic heterocycles. The zero-order valence-corrected chi connectivity index (χ0v) is 16.3. The molecule has 0 saturated carbocycles. The SMILES string of the molecule is CCCC1CC(C(=O)NCc2ccccc2CN2CCCC(C)C2)NN1. The summed E-state index contributed by atoms with van der Waals surface area (Å²) in [5, 5.41) is 3.13. The largest absolute Gasteiger partial charge is 0.351 e. The summed E-state index contributed by atoms with van der Waals surface area (Å²) < 4.78 is 0. The quantitative estimate of drug-likeness (QED) is 0.701. The molecule has 2 saturated heterocycles. The van der Waals surface area contributed by atoms with Crippen LogP contribution >= 0.6 is 0 Å². The smallest absolute Gasteiger partial charge is 0.238 e. The first-order valence-electron chi connectivity index (χ1n) is 10.2. The number of rotatable bonds is 7. The molecule has 2 aliphatic rings. The van der Waals surface area contributed by atoms with Crippen molar-refractivity contribution in [2.45, 2.75) is 71.1 Å². The fourth-order valence-corrected chi connectivity index (χ4v) is 4.19. The Morgan fingerprint density at radius 2 is 2.08 bits per heavy atom. The molecule has 1 amide bonds. The maximum absolute atomic E-state index is 12.5. The minimum atomic E-state index is -0.123. The highest BCUT2D eigenvalue weighted by Gasteiger charge is 2.28. The Morgan fingerprint density at radius 1 is 1.27 bits per heavy atom. The van der Waals surface area contributed by atoms with Crippen LogP contribution in [0, 0.1) is 5.92 Å². The van der Waals surface area contributed by atoms with Crippen molar-refractivity contribution < 1.29 is 4.79 Å². The first-order valence-corrected chi connectivity index (χ1v) is 10.2. The Labute approximate surface area is 157 Å². The van der Waals surface area contributed by atoms with Gasteiger partial charge in [0.05, 0.1) is 0 Å². The van der Waals surface area contributed by atoms with Gasteiger partial charge in [-0.25, -0.2) is 5.43 Å². The number of benzene rings is 1. The van der Waals surface area contributed by atoms with E-state index in [1.54, 1.807) is 0 Å². The zero-order valence-electron chi connectivity index (χ0n) is 16.3. The van der Waals surface area contributed by atoms with Gasteiger partial charge in [-0.2, -0.15) is 0 Å². The third kappa shape index (κ3) is 5.29. The Hall–Kier alpha value is -1.43. The third-order valence-corrected chi connectivity index (χ3v) is 5.64. The Bertz CT molecular complexity index is 591. The molecule has 26 heavy (non-hydrogen) atoms. The molecule has 0 radical (unpaired) electrons. The summed E-state index contributed by atoms with van der Waals surface area (Å²) in [6.07, 6.45) is 5.74. The van der Waals surface area contributed by atoms with Crippen molar-refractivity contribution in [3.63, 3.8) is 0 Å². The van der Waals surface area contributed by atoms with Crippen LogP contribution in [0.4, 0.5) is 0 Å². The molecule has 0 spiro atoms. The number of nitrogens with zero attached hydrogens (tertiary/aromatic N) is 1. The average molecular weight is 359 g/mol. The summed E-state index contributed by atoms with van der Waals surface area (Å²) in [5.74, 6) is 0.880. The van der Waals surface area contributed by atoms with Gasteiger partial charge in [-0.3, -0.25) is 15.1 Å². The van der Waals surface area contributed by atoms with E-state index in [0.717, 1.165) is 31.7 Å². The molecule has 1 aromatic carbocycles. The van der Waals surface area contributed by atoms with Gasteiger partial charge < -0.3 is 5.32 Å². The maximum Gasteiger partial charge on any atom is 0.238 e. The lowest BCUT2D eigenvalue weighted by Gasteiger charge is -2.31. The first-order chi connectivity index (χ1) is 12.7. The van der Waals surface area contributed by atoms with Gasteiger partial charge in [-0.1, -0.05) is 44.5 Å². The van der Waals surface area contributed by atoms with Crippen LogP contribution in [0.5, 0.6) is 0 Å². The number of likely N-dealkylation sites (tertiary alicyclic amines) is 1. The highest BCUT2D eigenvalue weighted by Crippen LogP contribution is 2.19. The van der Waals surface area contributed by atoms with Crippen LogP contribution in [-0.2, 0) is 17.9 Å². The van der Waals surface area contributed by atoms with Crippen molar-refractivity contribution in [1.82, 2.24) is 21.1 Å². The molecule has 2 aliphatic heterocycles. The van der Waals surface area contributed by atoms with E-state index in [0.29, 0.717) is 12.6 Å². The molecule has 5 heteroatoms. The molecular formula is C21H34N4O. The third-order valence-electron chi connectivity index (χ3n) is 5.64. The zero-order chi connectivity index (χ0) is 18.4. The molecule has 0 aliphatic carbocycles. The second-order valence-electron chi connectivity index (χ2n) is 8.03. The van der Waals surface area contributed by atoms with Gasteiger partial charge in [0.15, 0.2) is 0 Å². The summed E-state index contributed by atoms with van der Waals surface area (Å²) in [6, 6.07) is 8.80. The fourth-order valence-electron chi connectivity index (χ4n) is 4.19. The predicted molar refractivity (Wildman–Crippen MR) is 105 cm³/mol. The lowest BCUT2D eigenvalue weighted by Crippen LogP contribution is -2.43. The van der Waals surface area contributed by atoms with Gasteiger partial charge in [0.2, 0.25) is 5.91 Å². The van der Waals surface area contributed by atoms with E-state index < -0.39 is 0 Å². The Balaban J connectivity index is 1.52. The van der Waals surface area contributed by atoms with Crippen molar-refractivity contribution in [3.8, 4) is 0 Å². The molecule has 3 atom stereocenters.